The molecule has 1 aromatic carbocycles. The van der Waals surface area contributed by atoms with Crippen LogP contribution < -0.4 is 0 Å². The van der Waals surface area contributed by atoms with Crippen LogP contribution in [0, 0.1) is 29.5 Å². The lowest BCUT2D eigenvalue weighted by Gasteiger charge is -1.98. The molecule has 0 heterocycles. The first kappa shape index (κ1) is 9.15. The minimum atomic E-state index is -0.916. The van der Waals surface area contributed by atoms with Crippen molar-refractivity contribution in [2.45, 2.75) is 6.42 Å². The van der Waals surface area contributed by atoms with Crippen molar-refractivity contribution in [3.63, 3.8) is 0 Å². The molecule has 0 aromatic heterocycles. The molecule has 64 valence electrons. The normalized spacial score (nSPS) is 8.92. The minimum absolute atomic E-state index is 0.0634. The maximum Gasteiger partial charge on any atom is 0.256 e. The zero-order valence-corrected chi connectivity index (χ0v) is 6.51. The summed E-state index contributed by atoms with van der Waals surface area (Å²) in [5.41, 5.74) is -0.383. The average molecular weight is 178 g/mol. The Morgan fingerprint density at radius 2 is 1.92 bits per heavy atom. The highest BCUT2D eigenvalue weighted by Gasteiger charge is 2.10. The highest BCUT2D eigenvalue weighted by molar-refractivity contribution is 5.49. The summed E-state index contributed by atoms with van der Waals surface area (Å²) < 4.78 is 25.7. The number of nitriles is 1. The van der Waals surface area contributed by atoms with E-state index in [1.807, 2.05) is 0 Å². The van der Waals surface area contributed by atoms with Crippen LogP contribution in [0.3, 0.4) is 0 Å². The summed E-state index contributed by atoms with van der Waals surface area (Å²) in [4.78, 5) is 2.69. The smallest absolute Gasteiger partial charge is 0.232 e. The van der Waals surface area contributed by atoms with Gasteiger partial charge in [-0.3, -0.25) is 0 Å². The fraction of sp³-hybridized carbons (Fsp3) is 0.111. The lowest BCUT2D eigenvalue weighted by Crippen LogP contribution is -1.88. The van der Waals surface area contributed by atoms with Gasteiger partial charge in [0, 0.05) is 0 Å². The molecule has 4 heteroatoms. The number of hydrogen-bond acceptors (Lipinski definition) is 1. The van der Waals surface area contributed by atoms with Crippen molar-refractivity contribution >= 4 is 5.69 Å². The van der Waals surface area contributed by atoms with E-state index in [2.05, 4.69) is 4.85 Å². The number of halogens is 2. The second-order valence-electron chi connectivity index (χ2n) is 2.35. The third kappa shape index (κ3) is 1.80. The first-order chi connectivity index (χ1) is 6.19. The third-order valence-corrected chi connectivity index (χ3v) is 1.47. The average Bonchev–Trinajstić information content (AvgIpc) is 2.04. The van der Waals surface area contributed by atoms with Crippen LogP contribution >= 0.6 is 0 Å². The fourth-order valence-electron chi connectivity index (χ4n) is 0.918. The van der Waals surface area contributed by atoms with Crippen LogP contribution in [0.4, 0.5) is 14.5 Å². The van der Waals surface area contributed by atoms with Gasteiger partial charge < -0.3 is 0 Å². The van der Waals surface area contributed by atoms with Crippen LogP contribution in [0.25, 0.3) is 4.85 Å². The molecule has 0 aliphatic rings. The number of benzene rings is 1. The van der Waals surface area contributed by atoms with E-state index in [0.29, 0.717) is 0 Å². The van der Waals surface area contributed by atoms with Crippen LogP contribution in [-0.2, 0) is 6.42 Å². The Kier molecular flexibility index (Phi) is 2.56. The largest absolute Gasteiger partial charge is 0.256 e. The summed E-state index contributed by atoms with van der Waals surface area (Å²) >= 11 is 0. The van der Waals surface area contributed by atoms with Crippen molar-refractivity contribution in [2.75, 3.05) is 0 Å². The van der Waals surface area contributed by atoms with Crippen LogP contribution in [0.2, 0.25) is 0 Å². The summed E-state index contributed by atoms with van der Waals surface area (Å²) in [5, 5.41) is 8.27. The SMILES string of the molecule is [C-]#[N+]c1c(F)cc(CC#N)cc1F. The molecule has 0 unspecified atom stereocenters. The van der Waals surface area contributed by atoms with E-state index in [1.54, 1.807) is 6.07 Å². The van der Waals surface area contributed by atoms with Gasteiger partial charge in [-0.15, -0.1) is 0 Å². The van der Waals surface area contributed by atoms with Crippen molar-refractivity contribution in [1.29, 1.82) is 5.26 Å². The Bertz CT molecular complexity index is 390. The molecule has 0 bridgehead atoms. The van der Waals surface area contributed by atoms with Gasteiger partial charge in [0.1, 0.15) is 11.6 Å². The van der Waals surface area contributed by atoms with Crippen molar-refractivity contribution in [3.05, 3.63) is 40.7 Å². The summed E-state index contributed by atoms with van der Waals surface area (Å²) in [7, 11) is 0. The van der Waals surface area contributed by atoms with Gasteiger partial charge in [0.15, 0.2) is 0 Å². The highest BCUT2D eigenvalue weighted by atomic mass is 19.1. The van der Waals surface area contributed by atoms with E-state index < -0.39 is 17.3 Å². The molecular formula is C9H4F2N2. The van der Waals surface area contributed by atoms with E-state index in [4.69, 9.17) is 11.8 Å². The zero-order chi connectivity index (χ0) is 9.84. The van der Waals surface area contributed by atoms with Gasteiger partial charge in [0.05, 0.1) is 19.1 Å². The van der Waals surface area contributed by atoms with E-state index in [9.17, 15) is 8.78 Å². The molecule has 0 spiro atoms. The molecule has 2 nitrogen and oxygen atoms in total. The van der Waals surface area contributed by atoms with Gasteiger partial charge >= 0.3 is 0 Å². The molecule has 0 aliphatic carbocycles. The van der Waals surface area contributed by atoms with Crippen LogP contribution in [0.1, 0.15) is 5.56 Å². The zero-order valence-electron chi connectivity index (χ0n) is 6.51. The molecule has 0 amide bonds. The van der Waals surface area contributed by atoms with E-state index in [0.717, 1.165) is 12.1 Å². The summed E-state index contributed by atoms with van der Waals surface area (Å²) in [6.07, 6.45) is -0.0634. The Morgan fingerprint density at radius 3 is 2.31 bits per heavy atom. The third-order valence-electron chi connectivity index (χ3n) is 1.47. The van der Waals surface area contributed by atoms with Gasteiger partial charge in [0.25, 0.3) is 5.69 Å². The topological polar surface area (TPSA) is 28.1 Å². The Hall–Kier alpha value is -1.94. The van der Waals surface area contributed by atoms with Gasteiger partial charge in [-0.1, -0.05) is 0 Å². The van der Waals surface area contributed by atoms with Gasteiger partial charge in [0.2, 0.25) is 0 Å². The van der Waals surface area contributed by atoms with Crippen molar-refractivity contribution in [2.24, 2.45) is 0 Å². The molecular weight excluding hydrogens is 174 g/mol. The molecule has 0 N–H and O–H groups in total. The summed E-state index contributed by atoms with van der Waals surface area (Å²) in [5.74, 6) is -1.83. The Morgan fingerprint density at radius 1 is 1.38 bits per heavy atom. The number of rotatable bonds is 1. The fourth-order valence-corrected chi connectivity index (χ4v) is 0.918. The van der Waals surface area contributed by atoms with Crippen molar-refractivity contribution in [3.8, 4) is 6.07 Å². The maximum absolute atomic E-state index is 12.9. The molecule has 0 radical (unpaired) electrons. The van der Waals surface area contributed by atoms with Crippen LogP contribution in [0.5, 0.6) is 0 Å². The molecule has 0 fully saturated rings. The Labute approximate surface area is 73.9 Å². The highest BCUT2D eigenvalue weighted by Crippen LogP contribution is 2.23. The molecule has 1 aromatic rings. The lowest BCUT2D eigenvalue weighted by atomic mass is 10.1. The van der Waals surface area contributed by atoms with Crippen molar-refractivity contribution in [1.82, 2.24) is 0 Å². The van der Waals surface area contributed by atoms with Crippen LogP contribution in [0.15, 0.2) is 12.1 Å². The minimum Gasteiger partial charge on any atom is -0.232 e. The monoisotopic (exact) mass is 178 g/mol. The predicted octanol–water partition coefficient (Wildman–Crippen LogP) is 2.58. The molecule has 13 heavy (non-hydrogen) atoms. The second kappa shape index (κ2) is 3.64. The molecule has 0 saturated carbocycles. The second-order valence-corrected chi connectivity index (χ2v) is 2.35. The number of nitrogens with zero attached hydrogens (tertiary/aromatic N) is 2. The standard InChI is InChI=1S/C9H4F2N2/c1-13-9-7(10)4-6(2-3-12)5-8(9)11/h4-5H,2H2. The van der Waals surface area contributed by atoms with Gasteiger partial charge in [-0.05, 0) is 17.7 Å². The summed E-state index contributed by atoms with van der Waals surface area (Å²) in [6, 6.07) is 3.76. The number of hydrogen-bond donors (Lipinski definition) is 0. The first-order valence-corrected chi connectivity index (χ1v) is 3.41. The van der Waals surface area contributed by atoms with Gasteiger partial charge in [-0.25, -0.2) is 13.6 Å². The Balaban J connectivity index is 3.24. The van der Waals surface area contributed by atoms with E-state index >= 15 is 0 Å². The quantitative estimate of drug-likeness (QED) is 0.607. The molecule has 0 atom stereocenters. The lowest BCUT2D eigenvalue weighted by molar-refractivity contribution is 0.591. The summed E-state index contributed by atoms with van der Waals surface area (Å²) in [6.45, 7) is 6.48. The van der Waals surface area contributed by atoms with Crippen LogP contribution in [-0.4, -0.2) is 0 Å². The molecule has 0 aliphatic heterocycles. The van der Waals surface area contributed by atoms with E-state index in [1.165, 1.54) is 0 Å². The molecule has 0 saturated heterocycles. The molecule has 1 rings (SSSR count). The van der Waals surface area contributed by atoms with E-state index in [-0.39, 0.29) is 12.0 Å². The first-order valence-electron chi connectivity index (χ1n) is 3.41. The van der Waals surface area contributed by atoms with Gasteiger partial charge in [-0.2, -0.15) is 5.26 Å². The van der Waals surface area contributed by atoms with Crippen molar-refractivity contribution < 1.29 is 8.78 Å². The predicted molar refractivity (Wildman–Crippen MR) is 41.9 cm³/mol. The maximum atomic E-state index is 12.9.